The first-order valence-electron chi connectivity index (χ1n) is 7.92. The highest BCUT2D eigenvalue weighted by molar-refractivity contribution is 6.35. The van der Waals surface area contributed by atoms with E-state index in [1.807, 2.05) is 0 Å². The molecule has 1 amide bonds. The number of halogens is 2. The van der Waals surface area contributed by atoms with Gasteiger partial charge in [0.15, 0.2) is 12.2 Å². The molecule has 3 rings (SSSR count). The number of fused-ring (bicyclic) bond motifs is 1. The smallest absolute Gasteiger partial charge is 0.419 e. The number of benzene rings is 2. The minimum atomic E-state index is -0.619. The van der Waals surface area contributed by atoms with E-state index < -0.39 is 24.2 Å². The van der Waals surface area contributed by atoms with Crippen LogP contribution in [0.2, 0.25) is 10.0 Å². The second-order valence-electron chi connectivity index (χ2n) is 5.60. The summed E-state index contributed by atoms with van der Waals surface area (Å²) in [5.74, 6) is -1.71. The van der Waals surface area contributed by atoms with E-state index in [4.69, 9.17) is 32.4 Å². The Kier molecular flexibility index (Phi) is 5.83. The number of carbonyl (C=O) groups is 2. The van der Waals surface area contributed by atoms with Crippen molar-refractivity contribution in [2.45, 2.75) is 13.0 Å². The SMILES string of the molecule is O=C(COC(=O)CCn1c(=O)oc2ccccc21)Nc1cc(Cl)cc(Cl)c1. The van der Waals surface area contributed by atoms with Crippen LogP contribution < -0.4 is 11.1 Å². The molecular formula is C18H14Cl2N2O5. The largest absolute Gasteiger partial charge is 0.456 e. The van der Waals surface area contributed by atoms with Gasteiger partial charge in [0.1, 0.15) is 0 Å². The molecule has 0 fully saturated rings. The molecule has 0 bridgehead atoms. The Morgan fingerprint density at radius 2 is 1.81 bits per heavy atom. The Hall–Kier alpha value is -2.77. The van der Waals surface area contributed by atoms with Gasteiger partial charge < -0.3 is 14.5 Å². The van der Waals surface area contributed by atoms with Crippen LogP contribution in [0.4, 0.5) is 5.69 Å². The molecule has 3 aromatic rings. The summed E-state index contributed by atoms with van der Waals surface area (Å²) in [5.41, 5.74) is 1.42. The molecule has 2 aromatic carbocycles. The molecule has 1 heterocycles. The zero-order valence-corrected chi connectivity index (χ0v) is 15.4. The van der Waals surface area contributed by atoms with Gasteiger partial charge in [-0.15, -0.1) is 0 Å². The number of nitrogens with zero attached hydrogens (tertiary/aromatic N) is 1. The standard InChI is InChI=1S/C18H14Cl2N2O5/c19-11-7-12(20)9-13(8-11)21-16(23)10-26-17(24)5-6-22-14-3-1-2-4-15(14)27-18(22)25/h1-4,7-9H,5-6,10H2,(H,21,23). The van der Waals surface area contributed by atoms with E-state index in [1.54, 1.807) is 24.3 Å². The second kappa shape index (κ2) is 8.28. The number of aromatic nitrogens is 1. The molecule has 1 N–H and O–H groups in total. The van der Waals surface area contributed by atoms with E-state index in [0.29, 0.717) is 26.8 Å². The Morgan fingerprint density at radius 3 is 2.56 bits per heavy atom. The lowest BCUT2D eigenvalue weighted by molar-refractivity contribution is -0.147. The quantitative estimate of drug-likeness (QED) is 0.630. The number of rotatable bonds is 6. The Morgan fingerprint density at radius 1 is 1.11 bits per heavy atom. The number of hydrogen-bond acceptors (Lipinski definition) is 5. The van der Waals surface area contributed by atoms with Crippen LogP contribution in [-0.4, -0.2) is 23.1 Å². The van der Waals surface area contributed by atoms with Crippen molar-refractivity contribution < 1.29 is 18.7 Å². The fraction of sp³-hybridized carbons (Fsp3) is 0.167. The summed E-state index contributed by atoms with van der Waals surface area (Å²) in [7, 11) is 0. The van der Waals surface area contributed by atoms with Gasteiger partial charge in [-0.2, -0.15) is 0 Å². The zero-order chi connectivity index (χ0) is 19.4. The number of ether oxygens (including phenoxy) is 1. The van der Waals surface area contributed by atoms with Crippen molar-refractivity contribution in [1.29, 1.82) is 0 Å². The first kappa shape index (κ1) is 19.0. The Labute approximate surface area is 163 Å². The van der Waals surface area contributed by atoms with Crippen LogP contribution in [-0.2, 0) is 20.9 Å². The molecule has 0 aliphatic carbocycles. The average Bonchev–Trinajstić information content (AvgIpc) is 2.92. The highest BCUT2D eigenvalue weighted by Crippen LogP contribution is 2.22. The van der Waals surface area contributed by atoms with Gasteiger partial charge in [0.2, 0.25) is 0 Å². The van der Waals surface area contributed by atoms with Crippen LogP contribution in [0.25, 0.3) is 11.1 Å². The summed E-state index contributed by atoms with van der Waals surface area (Å²) in [4.78, 5) is 35.6. The molecule has 1 aromatic heterocycles. The summed E-state index contributed by atoms with van der Waals surface area (Å²) in [6.45, 7) is -0.385. The minimum Gasteiger partial charge on any atom is -0.456 e. The lowest BCUT2D eigenvalue weighted by Crippen LogP contribution is -2.22. The minimum absolute atomic E-state index is 0.0835. The normalized spacial score (nSPS) is 10.7. The first-order valence-corrected chi connectivity index (χ1v) is 8.68. The number of para-hydroxylation sites is 2. The van der Waals surface area contributed by atoms with Gasteiger partial charge in [-0.05, 0) is 30.3 Å². The number of carbonyl (C=O) groups excluding carboxylic acids is 2. The molecule has 0 atom stereocenters. The molecule has 7 nitrogen and oxygen atoms in total. The van der Waals surface area contributed by atoms with E-state index >= 15 is 0 Å². The maximum Gasteiger partial charge on any atom is 0.419 e. The van der Waals surface area contributed by atoms with Crippen molar-refractivity contribution in [2.75, 3.05) is 11.9 Å². The lowest BCUT2D eigenvalue weighted by atomic mass is 10.3. The van der Waals surface area contributed by atoms with Crippen molar-refractivity contribution in [3.05, 3.63) is 63.1 Å². The van der Waals surface area contributed by atoms with Crippen molar-refractivity contribution in [3.8, 4) is 0 Å². The summed E-state index contributed by atoms with van der Waals surface area (Å²) in [6, 6.07) is 11.5. The van der Waals surface area contributed by atoms with Gasteiger partial charge in [-0.3, -0.25) is 14.2 Å². The summed E-state index contributed by atoms with van der Waals surface area (Å²) >= 11 is 11.7. The molecule has 9 heteroatoms. The summed E-state index contributed by atoms with van der Waals surface area (Å²) < 4.78 is 11.3. The van der Waals surface area contributed by atoms with E-state index in [9.17, 15) is 14.4 Å². The van der Waals surface area contributed by atoms with Gasteiger partial charge in [0.05, 0.1) is 11.9 Å². The average molecular weight is 409 g/mol. The third-order valence-electron chi connectivity index (χ3n) is 3.62. The van der Waals surface area contributed by atoms with Crippen molar-refractivity contribution >= 4 is 51.9 Å². The molecule has 0 saturated carbocycles. The fourth-order valence-electron chi connectivity index (χ4n) is 2.47. The monoisotopic (exact) mass is 408 g/mol. The van der Waals surface area contributed by atoms with Crippen molar-refractivity contribution in [3.63, 3.8) is 0 Å². The number of hydrogen-bond donors (Lipinski definition) is 1. The van der Waals surface area contributed by atoms with E-state index in [2.05, 4.69) is 5.32 Å². The molecule has 0 unspecified atom stereocenters. The number of aryl methyl sites for hydroxylation is 1. The third kappa shape index (κ3) is 4.90. The van der Waals surface area contributed by atoms with Crippen LogP contribution >= 0.6 is 23.2 Å². The number of amides is 1. The van der Waals surface area contributed by atoms with E-state index in [1.165, 1.54) is 22.8 Å². The molecule has 27 heavy (non-hydrogen) atoms. The summed E-state index contributed by atoms with van der Waals surface area (Å²) in [6.07, 6.45) is -0.0836. The topological polar surface area (TPSA) is 90.5 Å². The first-order chi connectivity index (χ1) is 12.9. The molecule has 0 aliphatic rings. The molecule has 140 valence electrons. The number of oxazole rings is 1. The van der Waals surface area contributed by atoms with E-state index in [0.717, 1.165) is 0 Å². The number of anilines is 1. The Bertz CT molecular complexity index is 1040. The number of esters is 1. The highest BCUT2D eigenvalue weighted by atomic mass is 35.5. The van der Waals surface area contributed by atoms with Gasteiger partial charge >= 0.3 is 11.7 Å². The van der Waals surface area contributed by atoms with Crippen LogP contribution in [0.1, 0.15) is 6.42 Å². The van der Waals surface area contributed by atoms with Crippen LogP contribution in [0.3, 0.4) is 0 Å². The van der Waals surface area contributed by atoms with Crippen molar-refractivity contribution in [1.82, 2.24) is 4.57 Å². The zero-order valence-electron chi connectivity index (χ0n) is 13.9. The number of nitrogens with one attached hydrogen (secondary N) is 1. The fourth-order valence-corrected chi connectivity index (χ4v) is 3.00. The van der Waals surface area contributed by atoms with Gasteiger partial charge in [-0.1, -0.05) is 35.3 Å². The lowest BCUT2D eigenvalue weighted by Gasteiger charge is -2.08. The second-order valence-corrected chi connectivity index (χ2v) is 6.48. The molecule has 0 saturated heterocycles. The molecule has 0 aliphatic heterocycles. The summed E-state index contributed by atoms with van der Waals surface area (Å²) in [5, 5.41) is 3.26. The maximum atomic E-state index is 11.9. The van der Waals surface area contributed by atoms with Gasteiger partial charge in [0, 0.05) is 22.3 Å². The van der Waals surface area contributed by atoms with E-state index in [-0.39, 0.29) is 13.0 Å². The predicted octanol–water partition coefficient (Wildman–Crippen LogP) is 3.47. The van der Waals surface area contributed by atoms with Gasteiger partial charge in [0.25, 0.3) is 5.91 Å². The molecule has 0 radical (unpaired) electrons. The van der Waals surface area contributed by atoms with Crippen LogP contribution in [0.15, 0.2) is 51.7 Å². The maximum absolute atomic E-state index is 11.9. The van der Waals surface area contributed by atoms with Gasteiger partial charge in [-0.25, -0.2) is 4.79 Å². The molecular weight excluding hydrogens is 395 g/mol. The van der Waals surface area contributed by atoms with Crippen LogP contribution in [0, 0.1) is 0 Å². The molecule has 0 spiro atoms. The van der Waals surface area contributed by atoms with Crippen LogP contribution in [0.5, 0.6) is 0 Å². The highest BCUT2D eigenvalue weighted by Gasteiger charge is 2.12. The third-order valence-corrected chi connectivity index (χ3v) is 4.06. The predicted molar refractivity (Wildman–Crippen MR) is 101 cm³/mol. The van der Waals surface area contributed by atoms with Crippen molar-refractivity contribution in [2.24, 2.45) is 0 Å². The Balaban J connectivity index is 1.51.